The average Bonchev–Trinajstić information content (AvgIpc) is 2.75. The standard InChI is InChI=1S/C12H18N2O5/c1-4-8-10(13-7-19-8)11(17)14-12(2,6-18-3)5-9(15)16/h7H,4-6H2,1-3H3,(H,14,17)(H,15,16). The second-order valence-electron chi connectivity index (χ2n) is 4.50. The molecule has 1 unspecified atom stereocenters. The van der Waals surface area contributed by atoms with Gasteiger partial charge >= 0.3 is 5.97 Å². The van der Waals surface area contributed by atoms with Gasteiger partial charge in [0, 0.05) is 13.5 Å². The summed E-state index contributed by atoms with van der Waals surface area (Å²) in [6.45, 7) is 3.53. The molecule has 2 N–H and O–H groups in total. The Kier molecular flexibility index (Phi) is 5.05. The molecule has 0 radical (unpaired) electrons. The number of aryl methyl sites for hydroxylation is 1. The minimum Gasteiger partial charge on any atom is -0.481 e. The number of oxazole rings is 1. The first-order valence-corrected chi connectivity index (χ1v) is 5.87. The Morgan fingerprint density at radius 1 is 1.58 bits per heavy atom. The number of carboxylic acid groups (broad SMARTS) is 1. The van der Waals surface area contributed by atoms with Crippen LogP contribution in [-0.2, 0) is 16.0 Å². The lowest BCUT2D eigenvalue weighted by atomic mass is 9.98. The number of carbonyl (C=O) groups excluding carboxylic acids is 1. The molecule has 0 fully saturated rings. The van der Waals surface area contributed by atoms with E-state index in [9.17, 15) is 9.59 Å². The van der Waals surface area contributed by atoms with Gasteiger partial charge in [0.15, 0.2) is 12.1 Å². The summed E-state index contributed by atoms with van der Waals surface area (Å²) < 4.78 is 10.0. The van der Waals surface area contributed by atoms with Crippen LogP contribution in [0.25, 0.3) is 0 Å². The Labute approximate surface area is 111 Å². The SMILES string of the molecule is CCc1ocnc1C(=O)NC(C)(COC)CC(=O)O. The lowest BCUT2D eigenvalue weighted by Gasteiger charge is -2.28. The maximum Gasteiger partial charge on any atom is 0.305 e. The van der Waals surface area contributed by atoms with E-state index in [1.807, 2.05) is 6.92 Å². The van der Waals surface area contributed by atoms with Crippen LogP contribution >= 0.6 is 0 Å². The molecule has 1 heterocycles. The minimum atomic E-state index is -1.02. The molecule has 0 saturated heterocycles. The molecule has 19 heavy (non-hydrogen) atoms. The number of carboxylic acids is 1. The quantitative estimate of drug-likeness (QED) is 0.761. The fourth-order valence-corrected chi connectivity index (χ4v) is 1.82. The zero-order chi connectivity index (χ0) is 14.5. The van der Waals surface area contributed by atoms with Gasteiger partial charge in [-0.05, 0) is 6.92 Å². The van der Waals surface area contributed by atoms with Crippen LogP contribution in [0.2, 0.25) is 0 Å². The molecule has 1 aromatic rings. The van der Waals surface area contributed by atoms with E-state index in [2.05, 4.69) is 10.3 Å². The Hall–Kier alpha value is -1.89. The van der Waals surface area contributed by atoms with Gasteiger partial charge in [0.25, 0.3) is 5.91 Å². The molecule has 106 valence electrons. The van der Waals surface area contributed by atoms with Crippen LogP contribution < -0.4 is 5.32 Å². The minimum absolute atomic E-state index is 0.0876. The predicted octanol–water partition coefficient (Wildman–Crippen LogP) is 0.847. The molecule has 0 aliphatic heterocycles. The van der Waals surface area contributed by atoms with Crippen molar-refractivity contribution < 1.29 is 23.8 Å². The highest BCUT2D eigenvalue weighted by atomic mass is 16.5. The lowest BCUT2D eigenvalue weighted by molar-refractivity contribution is -0.139. The van der Waals surface area contributed by atoms with Gasteiger partial charge in [0.2, 0.25) is 0 Å². The highest BCUT2D eigenvalue weighted by Gasteiger charge is 2.31. The van der Waals surface area contributed by atoms with E-state index in [4.69, 9.17) is 14.3 Å². The van der Waals surface area contributed by atoms with Gasteiger partial charge in [-0.3, -0.25) is 9.59 Å². The third-order valence-corrected chi connectivity index (χ3v) is 2.60. The van der Waals surface area contributed by atoms with Crippen molar-refractivity contribution in [2.24, 2.45) is 0 Å². The summed E-state index contributed by atoms with van der Waals surface area (Å²) in [6, 6.07) is 0. The van der Waals surface area contributed by atoms with E-state index in [1.165, 1.54) is 13.5 Å². The van der Waals surface area contributed by atoms with Gasteiger partial charge in [-0.2, -0.15) is 0 Å². The van der Waals surface area contributed by atoms with E-state index in [-0.39, 0.29) is 18.7 Å². The first-order chi connectivity index (χ1) is 8.91. The summed E-state index contributed by atoms with van der Waals surface area (Å²) in [5.41, 5.74) is -0.822. The topological polar surface area (TPSA) is 102 Å². The third-order valence-electron chi connectivity index (χ3n) is 2.60. The van der Waals surface area contributed by atoms with Crippen molar-refractivity contribution in [3.8, 4) is 0 Å². The van der Waals surface area contributed by atoms with Crippen LogP contribution in [0.4, 0.5) is 0 Å². The zero-order valence-corrected chi connectivity index (χ0v) is 11.2. The molecule has 0 bridgehead atoms. The van der Waals surface area contributed by atoms with Crippen molar-refractivity contribution in [3.63, 3.8) is 0 Å². The molecular weight excluding hydrogens is 252 g/mol. The largest absolute Gasteiger partial charge is 0.481 e. The maximum absolute atomic E-state index is 12.1. The van der Waals surface area contributed by atoms with Crippen LogP contribution in [0.1, 0.15) is 36.5 Å². The van der Waals surface area contributed by atoms with Crippen molar-refractivity contribution >= 4 is 11.9 Å². The summed E-state index contributed by atoms with van der Waals surface area (Å²) in [7, 11) is 1.44. The third kappa shape index (κ3) is 4.06. The summed E-state index contributed by atoms with van der Waals surface area (Å²) in [4.78, 5) is 26.8. The van der Waals surface area contributed by atoms with Gasteiger partial charge in [-0.15, -0.1) is 0 Å². The van der Waals surface area contributed by atoms with Crippen molar-refractivity contribution in [3.05, 3.63) is 17.8 Å². The molecular formula is C12H18N2O5. The van der Waals surface area contributed by atoms with Crippen molar-refractivity contribution in [1.29, 1.82) is 0 Å². The predicted molar refractivity (Wildman–Crippen MR) is 65.9 cm³/mol. The Bertz CT molecular complexity index is 457. The number of ether oxygens (including phenoxy) is 1. The molecule has 0 aliphatic rings. The van der Waals surface area contributed by atoms with Gasteiger partial charge < -0.3 is 19.6 Å². The fourth-order valence-electron chi connectivity index (χ4n) is 1.82. The Morgan fingerprint density at radius 2 is 2.26 bits per heavy atom. The highest BCUT2D eigenvalue weighted by Crippen LogP contribution is 2.14. The van der Waals surface area contributed by atoms with Gasteiger partial charge in [-0.1, -0.05) is 6.92 Å². The van der Waals surface area contributed by atoms with Crippen LogP contribution in [0.5, 0.6) is 0 Å². The average molecular weight is 270 g/mol. The second-order valence-corrected chi connectivity index (χ2v) is 4.50. The number of aromatic nitrogens is 1. The van der Waals surface area contributed by atoms with E-state index in [1.54, 1.807) is 6.92 Å². The molecule has 0 saturated carbocycles. The number of methoxy groups -OCH3 is 1. The Morgan fingerprint density at radius 3 is 2.79 bits per heavy atom. The molecule has 0 spiro atoms. The van der Waals surface area contributed by atoms with Crippen molar-refractivity contribution in [2.75, 3.05) is 13.7 Å². The maximum atomic E-state index is 12.1. The summed E-state index contributed by atoms with van der Waals surface area (Å²) in [5.74, 6) is -1.02. The number of nitrogens with one attached hydrogen (secondary N) is 1. The van der Waals surface area contributed by atoms with Crippen LogP contribution in [0, 0.1) is 0 Å². The molecule has 1 rings (SSSR count). The molecule has 1 amide bonds. The number of hydrogen-bond acceptors (Lipinski definition) is 5. The molecule has 1 aromatic heterocycles. The van der Waals surface area contributed by atoms with Gasteiger partial charge in [0.1, 0.15) is 5.76 Å². The first-order valence-electron chi connectivity index (χ1n) is 5.87. The van der Waals surface area contributed by atoms with Gasteiger partial charge in [-0.25, -0.2) is 4.98 Å². The summed E-state index contributed by atoms with van der Waals surface area (Å²) in [5, 5.41) is 11.5. The molecule has 7 heteroatoms. The number of nitrogens with zero attached hydrogens (tertiary/aromatic N) is 1. The van der Waals surface area contributed by atoms with E-state index in [0.717, 1.165) is 0 Å². The first kappa shape index (κ1) is 15.2. The zero-order valence-electron chi connectivity index (χ0n) is 11.2. The van der Waals surface area contributed by atoms with Gasteiger partial charge in [0.05, 0.1) is 18.6 Å². The fraction of sp³-hybridized carbons (Fsp3) is 0.583. The summed E-state index contributed by atoms with van der Waals surface area (Å²) in [6.07, 6.45) is 1.48. The van der Waals surface area contributed by atoms with Crippen molar-refractivity contribution in [2.45, 2.75) is 32.2 Å². The molecule has 0 aliphatic carbocycles. The van der Waals surface area contributed by atoms with E-state index < -0.39 is 17.4 Å². The second kappa shape index (κ2) is 6.33. The normalized spacial score (nSPS) is 13.8. The molecule has 1 atom stereocenters. The number of rotatable bonds is 7. The lowest BCUT2D eigenvalue weighted by Crippen LogP contribution is -2.51. The number of amides is 1. The number of hydrogen-bond donors (Lipinski definition) is 2. The van der Waals surface area contributed by atoms with Crippen molar-refractivity contribution in [1.82, 2.24) is 10.3 Å². The van der Waals surface area contributed by atoms with E-state index >= 15 is 0 Å². The number of aliphatic carboxylic acids is 1. The van der Waals surface area contributed by atoms with Crippen LogP contribution in [0.3, 0.4) is 0 Å². The number of carbonyl (C=O) groups is 2. The van der Waals surface area contributed by atoms with E-state index in [0.29, 0.717) is 12.2 Å². The molecule has 7 nitrogen and oxygen atoms in total. The van der Waals surface area contributed by atoms with Crippen LogP contribution in [-0.4, -0.2) is 41.2 Å². The monoisotopic (exact) mass is 270 g/mol. The smallest absolute Gasteiger partial charge is 0.305 e. The highest BCUT2D eigenvalue weighted by molar-refractivity contribution is 5.94. The molecule has 0 aromatic carbocycles. The summed E-state index contributed by atoms with van der Waals surface area (Å²) >= 11 is 0. The Balaban J connectivity index is 2.84. The van der Waals surface area contributed by atoms with Crippen LogP contribution in [0.15, 0.2) is 10.8 Å².